The van der Waals surface area contributed by atoms with Crippen molar-refractivity contribution < 1.29 is 26.3 Å². The van der Waals surface area contributed by atoms with Crippen molar-refractivity contribution in [3.05, 3.63) is 35.6 Å². The van der Waals surface area contributed by atoms with Crippen LogP contribution in [0.1, 0.15) is 37.3 Å². The lowest BCUT2D eigenvalue weighted by Gasteiger charge is -2.37. The molecule has 0 radical (unpaired) electrons. The maximum Gasteiger partial charge on any atom is 0.245 e. The highest BCUT2D eigenvalue weighted by Crippen LogP contribution is 2.45. The number of morpholine rings is 1. The van der Waals surface area contributed by atoms with Crippen LogP contribution in [0.2, 0.25) is 0 Å². The van der Waals surface area contributed by atoms with Crippen LogP contribution >= 0.6 is 0 Å². The lowest BCUT2D eigenvalue weighted by Crippen LogP contribution is -2.48. The summed E-state index contributed by atoms with van der Waals surface area (Å²) in [6.45, 7) is 0.375. The van der Waals surface area contributed by atoms with Crippen LogP contribution in [-0.2, 0) is 14.8 Å². The van der Waals surface area contributed by atoms with E-state index in [0.717, 1.165) is 0 Å². The van der Waals surface area contributed by atoms with Gasteiger partial charge in [0.25, 0.3) is 0 Å². The van der Waals surface area contributed by atoms with E-state index in [9.17, 15) is 21.6 Å². The van der Waals surface area contributed by atoms with Gasteiger partial charge in [-0.05, 0) is 30.5 Å². The average Bonchev–Trinajstić information content (AvgIpc) is 3.04. The molecule has 1 aliphatic carbocycles. The molecule has 1 saturated heterocycles. The molecule has 0 N–H and O–H groups in total. The minimum atomic E-state index is -3.93. The van der Waals surface area contributed by atoms with E-state index in [0.29, 0.717) is 18.4 Å². The zero-order valence-electron chi connectivity index (χ0n) is 13.8. The first kappa shape index (κ1) is 18.7. The number of rotatable bonds is 5. The monoisotopic (exact) mass is 377 g/mol. The second-order valence-corrected chi connectivity index (χ2v) is 8.80. The second kappa shape index (κ2) is 7.25. The summed E-state index contributed by atoms with van der Waals surface area (Å²) < 4.78 is 73.3. The van der Waals surface area contributed by atoms with E-state index in [1.54, 1.807) is 6.07 Å². The highest BCUT2D eigenvalue weighted by atomic mass is 32.2. The van der Waals surface area contributed by atoms with E-state index in [1.807, 2.05) is 0 Å². The number of hydrogen-bond donors (Lipinski definition) is 0. The number of benzene rings is 1. The van der Waals surface area contributed by atoms with Crippen molar-refractivity contribution in [1.29, 1.82) is 0 Å². The summed E-state index contributed by atoms with van der Waals surface area (Å²) in [5.41, 5.74) is -0.996. The van der Waals surface area contributed by atoms with Crippen LogP contribution < -0.4 is 0 Å². The van der Waals surface area contributed by atoms with Crippen LogP contribution in [0.25, 0.3) is 0 Å². The molecule has 1 heterocycles. The van der Waals surface area contributed by atoms with Gasteiger partial charge in [-0.15, -0.1) is 0 Å². The molecule has 0 spiro atoms. The minimum absolute atomic E-state index is 0.0861. The van der Waals surface area contributed by atoms with Gasteiger partial charge < -0.3 is 4.74 Å². The third-order valence-corrected chi connectivity index (χ3v) is 7.29. The molecule has 3 rings (SSSR count). The predicted octanol–water partition coefficient (Wildman–Crippen LogP) is 3.35. The lowest BCUT2D eigenvalue weighted by molar-refractivity contribution is 0.00940. The maximum atomic E-state index is 13.6. The van der Waals surface area contributed by atoms with Gasteiger partial charge >= 0.3 is 0 Å². The van der Waals surface area contributed by atoms with Crippen molar-refractivity contribution in [1.82, 2.24) is 4.31 Å². The Morgan fingerprint density at radius 1 is 1.28 bits per heavy atom. The molecule has 8 heteroatoms. The standard InChI is InChI=1S/C17H22F3NO3S/c18-14-5-3-4-13(10-14)15-11-24-9-8-21(15)25(22,23)12-17(16(19)20)6-1-2-7-17/h3-5,10,15-16H,1-2,6-9,11-12H2. The Kier molecular flexibility index (Phi) is 5.41. The Hall–Kier alpha value is -1.12. The molecule has 1 saturated carbocycles. The van der Waals surface area contributed by atoms with Gasteiger partial charge in [-0.2, -0.15) is 4.31 Å². The number of ether oxygens (including phenoxy) is 1. The Bertz CT molecular complexity index is 705. The quantitative estimate of drug-likeness (QED) is 0.791. The van der Waals surface area contributed by atoms with Crippen LogP contribution in [0, 0.1) is 11.2 Å². The summed E-state index contributed by atoms with van der Waals surface area (Å²) in [4.78, 5) is 0. The van der Waals surface area contributed by atoms with Crippen LogP contribution in [0.15, 0.2) is 24.3 Å². The van der Waals surface area contributed by atoms with E-state index < -0.39 is 39.5 Å². The van der Waals surface area contributed by atoms with Crippen molar-refractivity contribution in [3.8, 4) is 0 Å². The molecule has 0 aromatic heterocycles. The largest absolute Gasteiger partial charge is 0.378 e. The van der Waals surface area contributed by atoms with Crippen molar-refractivity contribution >= 4 is 10.0 Å². The first-order valence-corrected chi connectivity index (χ1v) is 10.1. The smallest absolute Gasteiger partial charge is 0.245 e. The number of hydrogen-bond acceptors (Lipinski definition) is 3. The lowest BCUT2D eigenvalue weighted by atomic mass is 9.89. The van der Waals surface area contributed by atoms with Crippen LogP contribution in [0.3, 0.4) is 0 Å². The number of alkyl halides is 2. The molecule has 1 unspecified atom stereocenters. The summed E-state index contributed by atoms with van der Waals surface area (Å²) in [5, 5.41) is 0. The molecule has 4 nitrogen and oxygen atoms in total. The van der Waals surface area contributed by atoms with Crippen molar-refractivity contribution in [3.63, 3.8) is 0 Å². The first-order chi connectivity index (χ1) is 11.8. The zero-order chi connectivity index (χ0) is 18.1. The second-order valence-electron chi connectivity index (χ2n) is 6.88. The highest BCUT2D eigenvalue weighted by Gasteiger charge is 2.48. The average molecular weight is 377 g/mol. The van der Waals surface area contributed by atoms with E-state index >= 15 is 0 Å². The van der Waals surface area contributed by atoms with Crippen LogP contribution in [-0.4, -0.2) is 44.7 Å². The third kappa shape index (κ3) is 3.85. The predicted molar refractivity (Wildman–Crippen MR) is 87.4 cm³/mol. The first-order valence-electron chi connectivity index (χ1n) is 8.45. The molecule has 0 bridgehead atoms. The molecular formula is C17H22F3NO3S. The van der Waals surface area contributed by atoms with E-state index in [1.165, 1.54) is 22.5 Å². The fourth-order valence-electron chi connectivity index (χ4n) is 3.85. The van der Waals surface area contributed by atoms with Crippen molar-refractivity contribution in [2.24, 2.45) is 5.41 Å². The number of nitrogens with zero attached hydrogens (tertiary/aromatic N) is 1. The molecule has 1 atom stereocenters. The van der Waals surface area contributed by atoms with Crippen LogP contribution in [0.4, 0.5) is 13.2 Å². The molecule has 0 amide bonds. The Labute approximate surface area is 146 Å². The molecular weight excluding hydrogens is 355 g/mol. The molecule has 1 aromatic rings. The molecule has 140 valence electrons. The molecule has 1 aromatic carbocycles. The van der Waals surface area contributed by atoms with Gasteiger partial charge in [0.2, 0.25) is 16.4 Å². The Morgan fingerprint density at radius 3 is 2.64 bits per heavy atom. The summed E-state index contributed by atoms with van der Waals surface area (Å²) in [6.07, 6.45) is -0.983. The molecule has 25 heavy (non-hydrogen) atoms. The summed E-state index contributed by atoms with van der Waals surface area (Å²) >= 11 is 0. The van der Waals surface area contributed by atoms with Gasteiger partial charge in [0.05, 0.1) is 25.0 Å². The Morgan fingerprint density at radius 2 is 2.00 bits per heavy atom. The normalized spacial score (nSPS) is 24.7. The summed E-state index contributed by atoms with van der Waals surface area (Å²) in [5.74, 6) is -1.04. The number of sulfonamides is 1. The number of halogens is 3. The zero-order valence-corrected chi connectivity index (χ0v) is 14.7. The fraction of sp³-hybridized carbons (Fsp3) is 0.647. The third-order valence-electron chi connectivity index (χ3n) is 5.20. The van der Waals surface area contributed by atoms with Gasteiger partial charge in [-0.1, -0.05) is 25.0 Å². The Balaban J connectivity index is 1.88. The van der Waals surface area contributed by atoms with Crippen LogP contribution in [0.5, 0.6) is 0 Å². The van der Waals surface area contributed by atoms with Gasteiger partial charge in [0.1, 0.15) is 5.82 Å². The maximum absolute atomic E-state index is 13.6. The molecule has 1 aliphatic heterocycles. The van der Waals surface area contributed by atoms with E-state index in [4.69, 9.17) is 4.74 Å². The highest BCUT2D eigenvalue weighted by molar-refractivity contribution is 7.89. The minimum Gasteiger partial charge on any atom is -0.378 e. The summed E-state index contributed by atoms with van der Waals surface area (Å²) in [6, 6.07) is 4.98. The fourth-order valence-corrected chi connectivity index (χ4v) is 6.08. The van der Waals surface area contributed by atoms with Crippen molar-refractivity contribution in [2.45, 2.75) is 38.2 Å². The SMILES string of the molecule is O=S(=O)(CC1(C(F)F)CCCC1)N1CCOCC1c1cccc(F)c1. The molecule has 2 aliphatic rings. The van der Waals surface area contributed by atoms with Crippen molar-refractivity contribution in [2.75, 3.05) is 25.5 Å². The van der Waals surface area contributed by atoms with E-state index in [2.05, 4.69) is 0 Å². The van der Waals surface area contributed by atoms with Gasteiger partial charge in [0.15, 0.2) is 0 Å². The van der Waals surface area contributed by atoms with Gasteiger partial charge in [-0.25, -0.2) is 21.6 Å². The summed E-state index contributed by atoms with van der Waals surface area (Å²) in [7, 11) is -3.93. The topological polar surface area (TPSA) is 46.6 Å². The van der Waals surface area contributed by atoms with Gasteiger partial charge in [-0.3, -0.25) is 0 Å². The van der Waals surface area contributed by atoms with E-state index in [-0.39, 0.29) is 32.6 Å². The van der Waals surface area contributed by atoms with Gasteiger partial charge in [0, 0.05) is 12.0 Å². The molecule has 2 fully saturated rings.